The molecule has 0 unspecified atom stereocenters. The van der Waals surface area contributed by atoms with Crippen molar-refractivity contribution in [1.29, 1.82) is 0 Å². The summed E-state index contributed by atoms with van der Waals surface area (Å²) < 4.78 is 0. The molecule has 0 nitrogen and oxygen atoms in total. The van der Waals surface area contributed by atoms with Gasteiger partial charge in [-0.05, 0) is 45.6 Å². The van der Waals surface area contributed by atoms with E-state index < -0.39 is 0 Å². The van der Waals surface area contributed by atoms with E-state index >= 15 is 0 Å². The molecule has 0 heteroatoms. The molecule has 4 rings (SSSR count). The van der Waals surface area contributed by atoms with Gasteiger partial charge in [0.25, 0.3) is 0 Å². The average Bonchev–Trinajstić information content (AvgIpc) is 2.79. The molecule has 0 aliphatic rings. The van der Waals surface area contributed by atoms with Gasteiger partial charge in [-0.2, -0.15) is 0 Å². The summed E-state index contributed by atoms with van der Waals surface area (Å²) in [5, 5.41) is 0. The van der Waals surface area contributed by atoms with Crippen LogP contribution in [-0.2, 0) is 0 Å². The minimum atomic E-state index is 1.19. The largest absolute Gasteiger partial charge is 0.0622 e. The monoisotopic (exact) mass is 358 g/mol. The van der Waals surface area contributed by atoms with E-state index in [9.17, 15) is 0 Å². The zero-order valence-corrected chi connectivity index (χ0v) is 15.7. The lowest BCUT2D eigenvalue weighted by molar-refractivity contribution is 1.58. The van der Waals surface area contributed by atoms with Crippen LogP contribution in [0.4, 0.5) is 0 Å². The van der Waals surface area contributed by atoms with Crippen molar-refractivity contribution >= 4 is 23.3 Å². The maximum Gasteiger partial charge on any atom is -0.00992 e. The summed E-state index contributed by atoms with van der Waals surface area (Å²) in [5.74, 6) is 0. The topological polar surface area (TPSA) is 0 Å². The second-order valence-corrected chi connectivity index (χ2v) is 6.67. The van der Waals surface area contributed by atoms with E-state index in [1.807, 2.05) is 0 Å². The summed E-state index contributed by atoms with van der Waals surface area (Å²) in [7, 11) is 0. The van der Waals surface area contributed by atoms with E-state index in [1.165, 1.54) is 33.4 Å². The summed E-state index contributed by atoms with van der Waals surface area (Å²) in [6.45, 7) is 0. The van der Waals surface area contributed by atoms with E-state index in [0.717, 1.165) is 0 Å². The minimum Gasteiger partial charge on any atom is -0.0622 e. The van der Waals surface area contributed by atoms with E-state index in [-0.39, 0.29) is 0 Å². The number of allylic oxidation sites excluding steroid dienone is 2. The lowest BCUT2D eigenvalue weighted by atomic mass is 9.89. The Hall–Kier alpha value is -3.64. The Labute approximate surface area is 167 Å². The molecule has 0 saturated carbocycles. The highest BCUT2D eigenvalue weighted by molar-refractivity contribution is 6.15. The zero-order chi connectivity index (χ0) is 19.0. The molecule has 0 amide bonds. The van der Waals surface area contributed by atoms with Crippen molar-refractivity contribution in [3.8, 4) is 0 Å². The highest BCUT2D eigenvalue weighted by Crippen LogP contribution is 2.34. The molecule has 4 aromatic rings. The van der Waals surface area contributed by atoms with Crippen LogP contribution in [-0.4, -0.2) is 0 Å². The van der Waals surface area contributed by atoms with E-state index in [0.29, 0.717) is 0 Å². The van der Waals surface area contributed by atoms with Crippen LogP contribution in [0.25, 0.3) is 23.3 Å². The molecular weight excluding hydrogens is 336 g/mol. The lowest BCUT2D eigenvalue weighted by Crippen LogP contribution is -1.92. The first-order valence-corrected chi connectivity index (χ1v) is 9.55. The van der Waals surface area contributed by atoms with Gasteiger partial charge < -0.3 is 0 Å². The van der Waals surface area contributed by atoms with Crippen LogP contribution in [0.3, 0.4) is 0 Å². The summed E-state index contributed by atoms with van der Waals surface area (Å²) in [5.41, 5.74) is 7.21. The molecule has 0 bridgehead atoms. The van der Waals surface area contributed by atoms with Crippen LogP contribution in [0.15, 0.2) is 121 Å². The lowest BCUT2D eigenvalue weighted by Gasteiger charge is -2.15. The van der Waals surface area contributed by atoms with Gasteiger partial charge in [0.15, 0.2) is 0 Å². The highest BCUT2D eigenvalue weighted by Gasteiger charge is 2.11. The quantitative estimate of drug-likeness (QED) is 0.256. The van der Waals surface area contributed by atoms with Crippen molar-refractivity contribution in [1.82, 2.24) is 0 Å². The van der Waals surface area contributed by atoms with Gasteiger partial charge in [0, 0.05) is 0 Å². The highest BCUT2D eigenvalue weighted by atomic mass is 14.1. The van der Waals surface area contributed by atoms with E-state index in [4.69, 9.17) is 0 Å². The Morgan fingerprint density at radius 1 is 0.357 bits per heavy atom. The van der Waals surface area contributed by atoms with Crippen molar-refractivity contribution in [3.63, 3.8) is 0 Å². The smallest absolute Gasteiger partial charge is 0.00992 e. The Morgan fingerprint density at radius 3 is 0.964 bits per heavy atom. The Kier molecular flexibility index (Phi) is 5.60. The molecule has 28 heavy (non-hydrogen) atoms. The van der Waals surface area contributed by atoms with Crippen molar-refractivity contribution in [2.75, 3.05) is 0 Å². The predicted molar refractivity (Wildman–Crippen MR) is 122 cm³/mol. The standard InChI is InChI=1S/C28H22/c1-5-13-23(14-6-1)21-27(25-17-9-3-10-18-25)28(26-19-11-4-12-20-26)22-24-15-7-2-8-16-24/h1-22H/b27-21-,28-22?. The molecular formula is C28H22. The molecule has 0 spiro atoms. The third-order valence-electron chi connectivity index (χ3n) is 4.68. The van der Waals surface area contributed by atoms with Gasteiger partial charge in [-0.25, -0.2) is 0 Å². The van der Waals surface area contributed by atoms with Crippen LogP contribution < -0.4 is 0 Å². The van der Waals surface area contributed by atoms with Gasteiger partial charge in [-0.1, -0.05) is 121 Å². The normalized spacial score (nSPS) is 12.0. The molecule has 0 heterocycles. The Balaban J connectivity index is 1.94. The van der Waals surface area contributed by atoms with Gasteiger partial charge in [0.05, 0.1) is 0 Å². The van der Waals surface area contributed by atoms with E-state index in [1.54, 1.807) is 0 Å². The number of benzene rings is 4. The second kappa shape index (κ2) is 8.83. The molecule has 0 radical (unpaired) electrons. The molecule has 0 fully saturated rings. The molecule has 0 aromatic heterocycles. The maximum atomic E-state index is 2.27. The van der Waals surface area contributed by atoms with Crippen molar-refractivity contribution in [2.24, 2.45) is 0 Å². The first-order valence-electron chi connectivity index (χ1n) is 9.55. The first kappa shape index (κ1) is 17.8. The fourth-order valence-corrected chi connectivity index (χ4v) is 3.30. The van der Waals surface area contributed by atoms with Crippen LogP contribution in [0.2, 0.25) is 0 Å². The molecule has 0 atom stereocenters. The second-order valence-electron chi connectivity index (χ2n) is 6.67. The van der Waals surface area contributed by atoms with Gasteiger partial charge in [-0.3, -0.25) is 0 Å². The van der Waals surface area contributed by atoms with E-state index in [2.05, 4.69) is 133 Å². The third-order valence-corrected chi connectivity index (χ3v) is 4.68. The van der Waals surface area contributed by atoms with Crippen LogP contribution in [0.5, 0.6) is 0 Å². The molecule has 0 N–H and O–H groups in total. The fraction of sp³-hybridized carbons (Fsp3) is 0. The molecule has 4 aromatic carbocycles. The summed E-state index contributed by atoms with van der Waals surface area (Å²) in [6, 6.07) is 42.2. The van der Waals surface area contributed by atoms with Crippen LogP contribution in [0.1, 0.15) is 22.3 Å². The summed E-state index contributed by atoms with van der Waals surface area (Å²) in [4.78, 5) is 0. The maximum absolute atomic E-state index is 2.27. The number of hydrogen-bond donors (Lipinski definition) is 0. The Morgan fingerprint density at radius 2 is 0.643 bits per heavy atom. The zero-order valence-electron chi connectivity index (χ0n) is 15.7. The summed E-state index contributed by atoms with van der Waals surface area (Å²) in [6.07, 6.45) is 4.55. The number of hydrogen-bond acceptors (Lipinski definition) is 0. The number of rotatable bonds is 5. The van der Waals surface area contributed by atoms with Crippen LogP contribution in [0, 0.1) is 0 Å². The van der Waals surface area contributed by atoms with Crippen LogP contribution >= 0.6 is 0 Å². The molecule has 0 aliphatic heterocycles. The van der Waals surface area contributed by atoms with Gasteiger partial charge in [0.1, 0.15) is 0 Å². The van der Waals surface area contributed by atoms with Crippen molar-refractivity contribution < 1.29 is 0 Å². The van der Waals surface area contributed by atoms with Crippen molar-refractivity contribution in [3.05, 3.63) is 144 Å². The molecule has 134 valence electrons. The Bertz CT molecular complexity index is 967. The molecule has 0 saturated heterocycles. The van der Waals surface area contributed by atoms with Gasteiger partial charge in [0.2, 0.25) is 0 Å². The molecule has 0 aliphatic carbocycles. The van der Waals surface area contributed by atoms with Crippen molar-refractivity contribution in [2.45, 2.75) is 0 Å². The van der Waals surface area contributed by atoms with Gasteiger partial charge >= 0.3 is 0 Å². The SMILES string of the molecule is C(=C(/C(=C\c1ccccc1)c1ccccc1)c1ccccc1)c1ccccc1. The van der Waals surface area contributed by atoms with Gasteiger partial charge in [-0.15, -0.1) is 0 Å². The summed E-state index contributed by atoms with van der Waals surface area (Å²) >= 11 is 0. The fourth-order valence-electron chi connectivity index (χ4n) is 3.30. The third kappa shape index (κ3) is 4.36. The average molecular weight is 358 g/mol. The minimum absolute atomic E-state index is 1.19. The first-order chi connectivity index (χ1) is 13.9. The predicted octanol–water partition coefficient (Wildman–Crippen LogP) is 7.47.